The van der Waals surface area contributed by atoms with Gasteiger partial charge in [-0.15, -0.1) is 0 Å². The van der Waals surface area contributed by atoms with Gasteiger partial charge in [-0.3, -0.25) is 15.5 Å². The molecule has 6 nitrogen and oxygen atoms in total. The zero-order valence-corrected chi connectivity index (χ0v) is 12.8. The van der Waals surface area contributed by atoms with E-state index in [1.807, 2.05) is 6.07 Å². The quantitative estimate of drug-likeness (QED) is 0.387. The lowest BCUT2D eigenvalue weighted by Crippen LogP contribution is -2.23. The molecule has 0 aliphatic heterocycles. The topological polar surface area (TPSA) is 79.6 Å². The van der Waals surface area contributed by atoms with Crippen LogP contribution in [0.15, 0.2) is 53.6 Å². The fourth-order valence-corrected chi connectivity index (χ4v) is 1.97. The van der Waals surface area contributed by atoms with Crippen LogP contribution in [0.25, 0.3) is 0 Å². The van der Waals surface area contributed by atoms with Gasteiger partial charge >= 0.3 is 0 Å². The molecular formula is C14H11ClN4O2S. The molecular weight excluding hydrogens is 324 g/mol. The van der Waals surface area contributed by atoms with Gasteiger partial charge in [-0.05, 0) is 30.4 Å². The Morgan fingerprint density at radius 1 is 1.27 bits per heavy atom. The Hall–Kier alpha value is -2.51. The van der Waals surface area contributed by atoms with E-state index in [2.05, 4.69) is 15.8 Å². The van der Waals surface area contributed by atoms with E-state index in [0.717, 1.165) is 5.69 Å². The number of non-ortho nitro benzene ring substituents is 1. The molecule has 0 bridgehead atoms. The lowest BCUT2D eigenvalue weighted by molar-refractivity contribution is -0.384. The number of rotatable bonds is 4. The van der Waals surface area contributed by atoms with E-state index in [1.165, 1.54) is 18.3 Å². The third kappa shape index (κ3) is 4.80. The van der Waals surface area contributed by atoms with Crippen molar-refractivity contribution in [2.75, 3.05) is 5.32 Å². The molecule has 0 unspecified atom stereocenters. The van der Waals surface area contributed by atoms with Crippen molar-refractivity contribution >= 4 is 46.5 Å². The highest BCUT2D eigenvalue weighted by atomic mass is 35.5. The van der Waals surface area contributed by atoms with Crippen molar-refractivity contribution in [2.45, 2.75) is 0 Å². The minimum Gasteiger partial charge on any atom is -0.331 e. The molecule has 2 N–H and O–H groups in total. The van der Waals surface area contributed by atoms with Crippen molar-refractivity contribution in [3.63, 3.8) is 0 Å². The van der Waals surface area contributed by atoms with E-state index in [9.17, 15) is 10.1 Å². The van der Waals surface area contributed by atoms with Crippen LogP contribution < -0.4 is 10.7 Å². The van der Waals surface area contributed by atoms with Crippen molar-refractivity contribution in [1.82, 2.24) is 5.43 Å². The standard InChI is InChI=1S/C14H11ClN4O2S/c15-11-4-2-5-12(8-11)17-14(22)18-16-9-10-3-1-6-13(7-10)19(20)21/h1-9H,(H2,17,18,22). The maximum atomic E-state index is 10.7. The second-order valence-electron chi connectivity index (χ2n) is 4.19. The second-order valence-corrected chi connectivity index (χ2v) is 5.03. The number of nitrogens with one attached hydrogen (secondary N) is 2. The van der Waals surface area contributed by atoms with E-state index >= 15 is 0 Å². The van der Waals surface area contributed by atoms with Crippen molar-refractivity contribution in [3.05, 3.63) is 69.2 Å². The van der Waals surface area contributed by atoms with Gasteiger partial charge in [0, 0.05) is 28.4 Å². The minimum absolute atomic E-state index is 0.00331. The van der Waals surface area contributed by atoms with Crippen LogP contribution in [0.3, 0.4) is 0 Å². The number of hydrogen-bond donors (Lipinski definition) is 2. The van der Waals surface area contributed by atoms with Gasteiger partial charge in [0.2, 0.25) is 0 Å². The fourth-order valence-electron chi connectivity index (χ4n) is 1.61. The van der Waals surface area contributed by atoms with Crippen molar-refractivity contribution in [2.24, 2.45) is 5.10 Å². The Morgan fingerprint density at radius 3 is 2.77 bits per heavy atom. The molecule has 0 radical (unpaired) electrons. The van der Waals surface area contributed by atoms with Crippen LogP contribution in [0, 0.1) is 10.1 Å². The first kappa shape index (κ1) is 15.9. The van der Waals surface area contributed by atoms with Crippen LogP contribution in [-0.4, -0.2) is 16.3 Å². The largest absolute Gasteiger partial charge is 0.331 e. The zero-order chi connectivity index (χ0) is 15.9. The molecule has 0 atom stereocenters. The third-order valence-electron chi connectivity index (χ3n) is 2.54. The molecule has 112 valence electrons. The average Bonchev–Trinajstić information content (AvgIpc) is 2.47. The number of hydrogen-bond acceptors (Lipinski definition) is 4. The van der Waals surface area contributed by atoms with Crippen molar-refractivity contribution in [1.29, 1.82) is 0 Å². The summed E-state index contributed by atoms with van der Waals surface area (Å²) in [6.07, 6.45) is 1.44. The Morgan fingerprint density at radius 2 is 2.05 bits per heavy atom. The molecule has 0 heterocycles. The van der Waals surface area contributed by atoms with Gasteiger partial charge in [-0.2, -0.15) is 5.10 Å². The highest BCUT2D eigenvalue weighted by Gasteiger charge is 2.04. The number of halogens is 1. The summed E-state index contributed by atoms with van der Waals surface area (Å²) in [4.78, 5) is 10.2. The van der Waals surface area contributed by atoms with Gasteiger partial charge in [-0.1, -0.05) is 29.8 Å². The smallest absolute Gasteiger partial charge is 0.270 e. The van der Waals surface area contributed by atoms with Crippen LogP contribution in [0.5, 0.6) is 0 Å². The van der Waals surface area contributed by atoms with E-state index in [4.69, 9.17) is 23.8 Å². The van der Waals surface area contributed by atoms with Gasteiger partial charge in [0.25, 0.3) is 5.69 Å². The van der Waals surface area contributed by atoms with Gasteiger partial charge in [0.15, 0.2) is 5.11 Å². The molecule has 0 saturated carbocycles. The van der Waals surface area contributed by atoms with Gasteiger partial charge < -0.3 is 5.32 Å². The molecule has 8 heteroatoms. The lowest BCUT2D eigenvalue weighted by Gasteiger charge is -2.06. The number of nitro groups is 1. The van der Waals surface area contributed by atoms with E-state index in [1.54, 1.807) is 30.3 Å². The molecule has 0 aliphatic rings. The van der Waals surface area contributed by atoms with E-state index in [-0.39, 0.29) is 10.8 Å². The molecule has 0 aromatic heterocycles. The number of benzene rings is 2. The molecule has 0 amide bonds. The minimum atomic E-state index is -0.462. The zero-order valence-electron chi connectivity index (χ0n) is 11.2. The first-order chi connectivity index (χ1) is 10.5. The Balaban J connectivity index is 1.93. The summed E-state index contributed by atoms with van der Waals surface area (Å²) in [5.41, 5.74) is 3.95. The summed E-state index contributed by atoms with van der Waals surface area (Å²) >= 11 is 10.9. The van der Waals surface area contributed by atoms with Gasteiger partial charge in [-0.25, -0.2) is 0 Å². The molecule has 2 aromatic carbocycles. The summed E-state index contributed by atoms with van der Waals surface area (Å²) < 4.78 is 0. The Kier molecular flexibility index (Phi) is 5.40. The van der Waals surface area contributed by atoms with Crippen LogP contribution in [0.2, 0.25) is 5.02 Å². The summed E-state index contributed by atoms with van der Waals surface area (Å²) in [6.45, 7) is 0. The summed E-state index contributed by atoms with van der Waals surface area (Å²) in [5, 5.41) is 18.4. The second kappa shape index (κ2) is 7.48. The highest BCUT2D eigenvalue weighted by molar-refractivity contribution is 7.80. The number of thiocarbonyl (C=S) groups is 1. The number of hydrazone groups is 1. The molecule has 0 aliphatic carbocycles. The molecule has 2 aromatic rings. The first-order valence-corrected chi connectivity index (χ1v) is 6.93. The van der Waals surface area contributed by atoms with Gasteiger partial charge in [0.1, 0.15) is 0 Å². The maximum absolute atomic E-state index is 10.7. The van der Waals surface area contributed by atoms with Crippen molar-refractivity contribution < 1.29 is 4.92 Å². The molecule has 0 spiro atoms. The van der Waals surface area contributed by atoms with E-state index in [0.29, 0.717) is 10.6 Å². The van der Waals surface area contributed by atoms with Crippen LogP contribution in [0.4, 0.5) is 11.4 Å². The van der Waals surface area contributed by atoms with Crippen LogP contribution in [-0.2, 0) is 0 Å². The number of anilines is 1. The first-order valence-electron chi connectivity index (χ1n) is 6.15. The van der Waals surface area contributed by atoms with Gasteiger partial charge in [0.05, 0.1) is 11.1 Å². The normalized spacial score (nSPS) is 10.4. The summed E-state index contributed by atoms with van der Waals surface area (Å²) in [7, 11) is 0. The SMILES string of the molecule is O=[N+]([O-])c1cccc(C=NNC(=S)Nc2cccc(Cl)c2)c1. The summed E-state index contributed by atoms with van der Waals surface area (Å²) in [6, 6.07) is 13.2. The molecule has 2 rings (SSSR count). The lowest BCUT2D eigenvalue weighted by atomic mass is 10.2. The predicted molar refractivity (Wildman–Crippen MR) is 91.5 cm³/mol. The summed E-state index contributed by atoms with van der Waals surface area (Å²) in [5.74, 6) is 0. The predicted octanol–water partition coefficient (Wildman–Crippen LogP) is 3.57. The maximum Gasteiger partial charge on any atom is 0.270 e. The Labute approximate surface area is 136 Å². The monoisotopic (exact) mass is 334 g/mol. The third-order valence-corrected chi connectivity index (χ3v) is 2.97. The fraction of sp³-hybridized carbons (Fsp3) is 0. The van der Waals surface area contributed by atoms with E-state index < -0.39 is 4.92 Å². The molecule has 0 fully saturated rings. The van der Waals surface area contributed by atoms with Crippen LogP contribution >= 0.6 is 23.8 Å². The van der Waals surface area contributed by atoms with Crippen LogP contribution in [0.1, 0.15) is 5.56 Å². The average molecular weight is 335 g/mol. The number of nitro benzene ring substituents is 1. The molecule has 0 saturated heterocycles. The Bertz CT molecular complexity index is 736. The molecule has 22 heavy (non-hydrogen) atoms. The van der Waals surface area contributed by atoms with Crippen molar-refractivity contribution in [3.8, 4) is 0 Å². The highest BCUT2D eigenvalue weighted by Crippen LogP contribution is 2.14. The number of nitrogens with zero attached hydrogens (tertiary/aromatic N) is 2.